The summed E-state index contributed by atoms with van der Waals surface area (Å²) in [5.41, 5.74) is 9.41. The summed E-state index contributed by atoms with van der Waals surface area (Å²) in [6.45, 7) is 3.99. The molecule has 0 saturated carbocycles. The first-order chi connectivity index (χ1) is 7.61. The van der Waals surface area contributed by atoms with Crippen molar-refractivity contribution in [2.24, 2.45) is 0 Å². The molecule has 2 aromatic rings. The van der Waals surface area contributed by atoms with Crippen molar-refractivity contribution in [1.82, 2.24) is 5.16 Å². The van der Waals surface area contributed by atoms with E-state index in [2.05, 4.69) is 5.16 Å². The molecule has 0 spiro atoms. The molecule has 2 N–H and O–H groups in total. The lowest BCUT2D eigenvalue weighted by molar-refractivity contribution is 0.411. The minimum Gasteiger partial charge on any atom is -0.496 e. The zero-order valence-corrected chi connectivity index (χ0v) is 9.57. The summed E-state index contributed by atoms with van der Waals surface area (Å²) in [6.07, 6.45) is 0. The van der Waals surface area contributed by atoms with Crippen molar-refractivity contribution in [1.29, 1.82) is 0 Å². The summed E-state index contributed by atoms with van der Waals surface area (Å²) in [6, 6.07) is 5.72. The Bertz CT molecular complexity index is 518. The molecule has 0 saturated heterocycles. The zero-order valence-electron chi connectivity index (χ0n) is 9.57. The van der Waals surface area contributed by atoms with E-state index in [1.807, 2.05) is 26.0 Å². The highest BCUT2D eigenvalue weighted by molar-refractivity contribution is 5.67. The van der Waals surface area contributed by atoms with E-state index in [4.69, 9.17) is 15.0 Å². The number of aryl methyl sites for hydroxylation is 2. The van der Waals surface area contributed by atoms with Crippen LogP contribution in [0.2, 0.25) is 0 Å². The van der Waals surface area contributed by atoms with Crippen LogP contribution >= 0.6 is 0 Å². The molecule has 1 heterocycles. The van der Waals surface area contributed by atoms with Gasteiger partial charge in [0.15, 0.2) is 0 Å². The molecule has 2 rings (SSSR count). The van der Waals surface area contributed by atoms with Crippen LogP contribution in [0.3, 0.4) is 0 Å². The lowest BCUT2D eigenvalue weighted by Gasteiger charge is -2.09. The Morgan fingerprint density at radius 3 is 2.50 bits per heavy atom. The van der Waals surface area contributed by atoms with Gasteiger partial charge < -0.3 is 15.0 Å². The van der Waals surface area contributed by atoms with Crippen molar-refractivity contribution in [2.45, 2.75) is 13.8 Å². The summed E-state index contributed by atoms with van der Waals surface area (Å²) >= 11 is 0. The number of benzene rings is 1. The van der Waals surface area contributed by atoms with Crippen LogP contribution in [0.25, 0.3) is 11.3 Å². The average Bonchev–Trinajstić information content (AvgIpc) is 2.67. The molecule has 0 aliphatic rings. The molecule has 4 nitrogen and oxygen atoms in total. The van der Waals surface area contributed by atoms with E-state index in [-0.39, 0.29) is 0 Å². The minimum absolute atomic E-state index is 0.322. The molecule has 0 aliphatic carbocycles. The number of aromatic nitrogens is 1. The third kappa shape index (κ3) is 1.74. The first-order valence-electron chi connectivity index (χ1n) is 4.99. The number of anilines is 1. The first kappa shape index (κ1) is 10.5. The Labute approximate surface area is 94.0 Å². The molecule has 0 bridgehead atoms. The van der Waals surface area contributed by atoms with Gasteiger partial charge in [-0.15, -0.1) is 0 Å². The van der Waals surface area contributed by atoms with Crippen LogP contribution in [0.15, 0.2) is 22.7 Å². The Balaban J connectivity index is 2.54. The van der Waals surface area contributed by atoms with Crippen LogP contribution in [0.1, 0.15) is 11.1 Å². The fourth-order valence-corrected chi connectivity index (χ4v) is 1.70. The number of rotatable bonds is 2. The van der Waals surface area contributed by atoms with E-state index in [1.54, 1.807) is 13.2 Å². The predicted octanol–water partition coefficient (Wildman–Crippen LogP) is 2.55. The van der Waals surface area contributed by atoms with E-state index in [0.29, 0.717) is 5.88 Å². The van der Waals surface area contributed by atoms with Crippen LogP contribution in [0.4, 0.5) is 5.88 Å². The Kier molecular flexibility index (Phi) is 2.56. The van der Waals surface area contributed by atoms with Gasteiger partial charge in [0.05, 0.1) is 7.11 Å². The van der Waals surface area contributed by atoms with Crippen LogP contribution in [-0.2, 0) is 0 Å². The smallest absolute Gasteiger partial charge is 0.222 e. The van der Waals surface area contributed by atoms with Crippen LogP contribution < -0.4 is 10.5 Å². The SMILES string of the molecule is COc1cc(C)c(-c2cc(N)on2)cc1C. The molecular formula is C12H14N2O2. The highest BCUT2D eigenvalue weighted by Gasteiger charge is 2.10. The lowest BCUT2D eigenvalue weighted by Crippen LogP contribution is -1.91. The largest absolute Gasteiger partial charge is 0.496 e. The van der Waals surface area contributed by atoms with Gasteiger partial charge in [0, 0.05) is 11.6 Å². The molecule has 0 aliphatic heterocycles. The van der Waals surface area contributed by atoms with E-state index in [9.17, 15) is 0 Å². The van der Waals surface area contributed by atoms with Crippen LogP contribution in [-0.4, -0.2) is 12.3 Å². The molecule has 0 amide bonds. The molecule has 1 aromatic carbocycles. The minimum atomic E-state index is 0.322. The van der Waals surface area contributed by atoms with Crippen molar-refractivity contribution in [3.8, 4) is 17.0 Å². The number of nitrogens with zero attached hydrogens (tertiary/aromatic N) is 1. The quantitative estimate of drug-likeness (QED) is 0.841. The molecule has 0 fully saturated rings. The monoisotopic (exact) mass is 218 g/mol. The fourth-order valence-electron chi connectivity index (χ4n) is 1.70. The molecule has 0 atom stereocenters. The highest BCUT2D eigenvalue weighted by atomic mass is 16.5. The van der Waals surface area contributed by atoms with Crippen molar-refractivity contribution in [3.05, 3.63) is 29.3 Å². The predicted molar refractivity (Wildman–Crippen MR) is 62.4 cm³/mol. The normalized spacial score (nSPS) is 10.4. The van der Waals surface area contributed by atoms with E-state index in [1.165, 1.54) is 0 Å². The maximum absolute atomic E-state index is 5.51. The second-order valence-corrected chi connectivity index (χ2v) is 3.75. The fraction of sp³-hybridized carbons (Fsp3) is 0.250. The molecule has 4 heteroatoms. The third-order valence-electron chi connectivity index (χ3n) is 2.55. The maximum atomic E-state index is 5.51. The average molecular weight is 218 g/mol. The van der Waals surface area contributed by atoms with Gasteiger partial charge >= 0.3 is 0 Å². The number of hydrogen-bond donors (Lipinski definition) is 1. The Morgan fingerprint density at radius 1 is 1.19 bits per heavy atom. The van der Waals surface area contributed by atoms with Crippen molar-refractivity contribution < 1.29 is 9.26 Å². The standard InChI is InChI=1S/C12H14N2O2/c1-7-5-11(15-3)8(2)4-9(7)10-6-12(13)16-14-10/h4-6H,13H2,1-3H3. The van der Waals surface area contributed by atoms with Crippen molar-refractivity contribution >= 4 is 5.88 Å². The van der Waals surface area contributed by atoms with Gasteiger partial charge in [-0.05, 0) is 37.1 Å². The second kappa shape index (κ2) is 3.89. The van der Waals surface area contributed by atoms with Crippen LogP contribution in [0.5, 0.6) is 5.75 Å². The van der Waals surface area contributed by atoms with E-state index in [0.717, 1.165) is 28.1 Å². The van der Waals surface area contributed by atoms with Gasteiger partial charge in [-0.25, -0.2) is 0 Å². The molecule has 16 heavy (non-hydrogen) atoms. The summed E-state index contributed by atoms with van der Waals surface area (Å²) in [5, 5.41) is 3.90. The summed E-state index contributed by atoms with van der Waals surface area (Å²) in [5.74, 6) is 1.19. The summed E-state index contributed by atoms with van der Waals surface area (Å²) < 4.78 is 10.1. The van der Waals surface area contributed by atoms with Gasteiger partial charge in [-0.2, -0.15) is 0 Å². The number of nitrogen functional groups attached to an aromatic ring is 1. The first-order valence-corrected chi connectivity index (χ1v) is 4.99. The Hall–Kier alpha value is -1.97. The number of methoxy groups -OCH3 is 1. The third-order valence-corrected chi connectivity index (χ3v) is 2.55. The topological polar surface area (TPSA) is 61.3 Å². The van der Waals surface area contributed by atoms with Gasteiger partial charge in [-0.3, -0.25) is 0 Å². The summed E-state index contributed by atoms with van der Waals surface area (Å²) in [7, 11) is 1.66. The van der Waals surface area contributed by atoms with Gasteiger partial charge in [0.1, 0.15) is 11.4 Å². The molecule has 0 unspecified atom stereocenters. The van der Waals surface area contributed by atoms with Crippen LogP contribution in [0, 0.1) is 13.8 Å². The van der Waals surface area contributed by atoms with E-state index >= 15 is 0 Å². The van der Waals surface area contributed by atoms with E-state index < -0.39 is 0 Å². The Morgan fingerprint density at radius 2 is 1.94 bits per heavy atom. The van der Waals surface area contributed by atoms with Crippen molar-refractivity contribution in [2.75, 3.05) is 12.8 Å². The second-order valence-electron chi connectivity index (χ2n) is 3.75. The van der Waals surface area contributed by atoms with Gasteiger partial charge in [0.2, 0.25) is 5.88 Å². The molecule has 0 radical (unpaired) electrons. The lowest BCUT2D eigenvalue weighted by atomic mass is 10.0. The zero-order chi connectivity index (χ0) is 11.7. The summed E-state index contributed by atoms with van der Waals surface area (Å²) in [4.78, 5) is 0. The van der Waals surface area contributed by atoms with Crippen molar-refractivity contribution in [3.63, 3.8) is 0 Å². The van der Waals surface area contributed by atoms with Gasteiger partial charge in [0.25, 0.3) is 0 Å². The molecular weight excluding hydrogens is 204 g/mol. The van der Waals surface area contributed by atoms with Gasteiger partial charge in [-0.1, -0.05) is 5.16 Å². The number of ether oxygens (including phenoxy) is 1. The molecule has 1 aromatic heterocycles. The molecule has 84 valence electrons. The maximum Gasteiger partial charge on any atom is 0.222 e. The number of nitrogens with two attached hydrogens (primary N) is 1. The highest BCUT2D eigenvalue weighted by Crippen LogP contribution is 2.29. The number of hydrogen-bond acceptors (Lipinski definition) is 4.